The van der Waals surface area contributed by atoms with Crippen LogP contribution in [0.1, 0.15) is 60.8 Å². The molecule has 0 saturated heterocycles. The Balaban J connectivity index is 0. The second kappa shape index (κ2) is 10.9. The summed E-state index contributed by atoms with van der Waals surface area (Å²) in [6, 6.07) is 0. The van der Waals surface area contributed by atoms with Gasteiger partial charge in [-0.25, -0.2) is 8.42 Å². The summed E-state index contributed by atoms with van der Waals surface area (Å²) >= 11 is 0. The second-order valence-electron chi connectivity index (χ2n) is 8.19. The maximum absolute atomic E-state index is 11.8. The first kappa shape index (κ1) is 27.1. The molecule has 7 nitrogen and oxygen atoms in total. The van der Waals surface area contributed by atoms with E-state index < -0.39 is 33.7 Å². The zero-order valence-electron chi connectivity index (χ0n) is 16.4. The van der Waals surface area contributed by atoms with Gasteiger partial charge in [0.05, 0.1) is 19.6 Å². The molecular weight excluding hydrogens is 359 g/mol. The molecule has 1 atom stereocenters. The van der Waals surface area contributed by atoms with Crippen LogP contribution in [0.4, 0.5) is 0 Å². The third kappa shape index (κ3) is 14.7. The van der Waals surface area contributed by atoms with E-state index in [-0.39, 0.29) is 53.6 Å². The van der Waals surface area contributed by atoms with E-state index in [0.29, 0.717) is 12.8 Å². The molecule has 0 aromatic carbocycles. The van der Waals surface area contributed by atoms with E-state index in [4.69, 9.17) is 9.47 Å². The third-order valence-electron chi connectivity index (χ3n) is 3.17. The number of carbonyl (C=O) groups is 2. The van der Waals surface area contributed by atoms with Crippen molar-refractivity contribution in [1.29, 1.82) is 0 Å². The van der Waals surface area contributed by atoms with Gasteiger partial charge in [0.15, 0.2) is 5.25 Å². The Labute approximate surface area is 173 Å². The van der Waals surface area contributed by atoms with Crippen molar-refractivity contribution in [2.75, 3.05) is 13.2 Å². The Hall–Kier alpha value is -0.150. The van der Waals surface area contributed by atoms with Gasteiger partial charge in [0, 0.05) is 0 Å². The molecule has 0 aliphatic heterocycles. The van der Waals surface area contributed by atoms with Crippen LogP contribution in [0.3, 0.4) is 0 Å². The number of esters is 2. The summed E-state index contributed by atoms with van der Waals surface area (Å²) in [7, 11) is -5.00. The first-order valence-corrected chi connectivity index (χ1v) is 9.36. The average molecular weight is 388 g/mol. The maximum Gasteiger partial charge on any atom is 1.00 e. The summed E-state index contributed by atoms with van der Waals surface area (Å²) in [5, 5.41) is -2.07. The van der Waals surface area contributed by atoms with Crippen molar-refractivity contribution in [1.82, 2.24) is 0 Å². The average Bonchev–Trinajstić information content (AvgIpc) is 2.31. The molecule has 0 saturated carbocycles. The standard InChI is InChI=1S/C16H30O7S.Na/c1-15(2,3)7-9-22-13(17)11-12(24(19,20)21)14(18)23-10-8-16(4,5)6;/h12H,7-11H2,1-6H3,(H,19,20,21);/q;+1/p-1. The quantitative estimate of drug-likeness (QED) is 0.306. The van der Waals surface area contributed by atoms with Crippen LogP contribution in [0, 0.1) is 10.8 Å². The van der Waals surface area contributed by atoms with Crippen LogP contribution >= 0.6 is 0 Å². The van der Waals surface area contributed by atoms with Gasteiger partial charge in [0.2, 0.25) is 0 Å². The van der Waals surface area contributed by atoms with Crippen molar-refractivity contribution in [2.45, 2.75) is 66.1 Å². The van der Waals surface area contributed by atoms with E-state index in [1.54, 1.807) is 0 Å². The van der Waals surface area contributed by atoms with Gasteiger partial charge in [0.25, 0.3) is 0 Å². The number of hydrogen-bond donors (Lipinski definition) is 0. The minimum absolute atomic E-state index is 0. The predicted octanol–water partition coefficient (Wildman–Crippen LogP) is -0.747. The molecule has 0 bridgehead atoms. The predicted molar refractivity (Wildman–Crippen MR) is 88.2 cm³/mol. The van der Waals surface area contributed by atoms with Crippen molar-refractivity contribution in [2.24, 2.45) is 10.8 Å². The van der Waals surface area contributed by atoms with E-state index in [2.05, 4.69) is 0 Å². The van der Waals surface area contributed by atoms with E-state index >= 15 is 0 Å². The van der Waals surface area contributed by atoms with Gasteiger partial charge in [-0.1, -0.05) is 41.5 Å². The van der Waals surface area contributed by atoms with Gasteiger partial charge in [-0.15, -0.1) is 0 Å². The van der Waals surface area contributed by atoms with Gasteiger partial charge in [-0.05, 0) is 23.7 Å². The first-order valence-electron chi connectivity index (χ1n) is 7.89. The SMILES string of the molecule is CC(C)(C)CCOC(=O)CC(C(=O)OCCC(C)(C)C)S(=O)(=O)[O-].[Na+]. The van der Waals surface area contributed by atoms with Gasteiger partial charge in [-0.2, -0.15) is 0 Å². The summed E-state index contributed by atoms with van der Waals surface area (Å²) in [4.78, 5) is 23.5. The van der Waals surface area contributed by atoms with E-state index in [1.165, 1.54) is 0 Å². The zero-order valence-corrected chi connectivity index (χ0v) is 19.2. The second-order valence-corrected chi connectivity index (χ2v) is 9.75. The molecule has 9 heteroatoms. The van der Waals surface area contributed by atoms with Crippen molar-refractivity contribution in [3.05, 3.63) is 0 Å². The van der Waals surface area contributed by atoms with Crippen LogP contribution in [0.25, 0.3) is 0 Å². The maximum atomic E-state index is 11.8. The molecule has 0 aliphatic carbocycles. The van der Waals surface area contributed by atoms with Gasteiger partial charge in [0.1, 0.15) is 10.1 Å². The van der Waals surface area contributed by atoms with Crippen LogP contribution in [-0.2, 0) is 29.2 Å². The van der Waals surface area contributed by atoms with Crippen molar-refractivity contribution in [3.63, 3.8) is 0 Å². The normalized spacial score (nSPS) is 13.6. The molecule has 0 spiro atoms. The topological polar surface area (TPSA) is 110 Å². The molecular formula is C16H29NaO7S. The summed E-state index contributed by atoms with van der Waals surface area (Å²) in [5.41, 5.74) is -0.172. The molecule has 25 heavy (non-hydrogen) atoms. The minimum Gasteiger partial charge on any atom is -0.747 e. The zero-order chi connectivity index (χ0) is 19.2. The smallest absolute Gasteiger partial charge is 0.747 e. The number of carbonyl (C=O) groups excluding carboxylic acids is 2. The summed E-state index contributed by atoms with van der Waals surface area (Å²) < 4.78 is 43.5. The van der Waals surface area contributed by atoms with E-state index in [0.717, 1.165) is 0 Å². The number of hydrogen-bond acceptors (Lipinski definition) is 7. The molecule has 0 N–H and O–H groups in total. The van der Waals surface area contributed by atoms with Crippen molar-refractivity contribution < 1.29 is 61.6 Å². The molecule has 0 aromatic rings. The summed E-state index contributed by atoms with van der Waals surface area (Å²) in [5.74, 6) is -2.11. The van der Waals surface area contributed by atoms with E-state index in [9.17, 15) is 22.6 Å². The Morgan fingerprint density at radius 3 is 1.68 bits per heavy atom. The third-order valence-corrected chi connectivity index (χ3v) is 4.23. The summed E-state index contributed by atoms with van der Waals surface area (Å²) in [6.07, 6.45) is 0.244. The molecule has 0 radical (unpaired) electrons. The molecule has 0 aliphatic rings. The van der Waals surface area contributed by atoms with Crippen molar-refractivity contribution >= 4 is 22.1 Å². The monoisotopic (exact) mass is 388 g/mol. The fourth-order valence-electron chi connectivity index (χ4n) is 1.54. The van der Waals surface area contributed by atoms with Crippen LogP contribution in [0.2, 0.25) is 0 Å². The molecule has 0 amide bonds. The van der Waals surface area contributed by atoms with E-state index in [1.807, 2.05) is 41.5 Å². The van der Waals surface area contributed by atoms with Crippen LogP contribution < -0.4 is 29.6 Å². The first-order chi connectivity index (χ1) is 10.6. The Morgan fingerprint density at radius 2 is 1.32 bits per heavy atom. The molecule has 142 valence electrons. The summed E-state index contributed by atoms with van der Waals surface area (Å²) in [6.45, 7) is 11.7. The number of ether oxygens (including phenoxy) is 2. The molecule has 0 rings (SSSR count). The Kier molecular flexibility index (Phi) is 11.8. The van der Waals surface area contributed by atoms with Crippen LogP contribution in [0.5, 0.6) is 0 Å². The fourth-order valence-corrected chi connectivity index (χ4v) is 2.18. The Morgan fingerprint density at radius 1 is 0.920 bits per heavy atom. The van der Waals surface area contributed by atoms with Crippen molar-refractivity contribution in [3.8, 4) is 0 Å². The van der Waals surface area contributed by atoms with Gasteiger partial charge >= 0.3 is 41.5 Å². The van der Waals surface area contributed by atoms with Gasteiger partial charge < -0.3 is 14.0 Å². The molecule has 0 aromatic heterocycles. The molecule has 0 fully saturated rings. The minimum atomic E-state index is -5.00. The van der Waals surface area contributed by atoms with Crippen LogP contribution in [-0.4, -0.2) is 43.4 Å². The largest absolute Gasteiger partial charge is 1.00 e. The van der Waals surface area contributed by atoms with Gasteiger partial charge in [-0.3, -0.25) is 9.59 Å². The Bertz CT molecular complexity index is 530. The molecule has 1 unspecified atom stereocenters. The fraction of sp³-hybridized carbons (Fsp3) is 0.875. The molecule has 0 heterocycles. The number of rotatable bonds is 8. The van der Waals surface area contributed by atoms with Crippen LogP contribution in [0.15, 0.2) is 0 Å².